The molecule has 0 bridgehead atoms. The maximum absolute atomic E-state index is 14.6. The van der Waals surface area contributed by atoms with Crippen LogP contribution in [0.2, 0.25) is 0 Å². The van der Waals surface area contributed by atoms with Gasteiger partial charge in [0.15, 0.2) is 13.6 Å². The van der Waals surface area contributed by atoms with E-state index in [1.54, 1.807) is 88.4 Å². The van der Waals surface area contributed by atoms with E-state index in [-0.39, 0.29) is 62.8 Å². The lowest BCUT2D eigenvalue weighted by Gasteiger charge is -2.31. The quantitative estimate of drug-likeness (QED) is 0.0219. The van der Waals surface area contributed by atoms with Crippen molar-refractivity contribution < 1.29 is 66.7 Å². The highest BCUT2D eigenvalue weighted by atomic mass is 19.1. The van der Waals surface area contributed by atoms with Gasteiger partial charge >= 0.3 is 11.9 Å². The molecule has 0 saturated heterocycles. The molecule has 0 aliphatic rings. The minimum Gasteiger partial charge on any atom is -0.438 e. The Hall–Kier alpha value is -7.92. The topological polar surface area (TPSA) is 307 Å². The summed E-state index contributed by atoms with van der Waals surface area (Å²) in [5, 5.41) is 26.8. The average molecular weight is 1110 g/mol. The highest BCUT2D eigenvalue weighted by molar-refractivity contribution is 5.94. The van der Waals surface area contributed by atoms with Gasteiger partial charge in [-0.25, -0.2) is 18.7 Å². The number of hydrogen-bond acceptors (Lipinski definition) is 16. The molecular formula is C58H68F2N8O12. The molecule has 4 amide bonds. The van der Waals surface area contributed by atoms with Crippen LogP contribution in [0.4, 0.5) is 8.78 Å². The molecule has 0 radical (unpaired) electrons. The van der Waals surface area contributed by atoms with Crippen LogP contribution in [0.25, 0.3) is 22.1 Å². The third-order valence-corrected chi connectivity index (χ3v) is 13.2. The molecule has 2 aromatic heterocycles. The maximum atomic E-state index is 14.6. The molecule has 6 aromatic rings. The first kappa shape index (κ1) is 61.3. The number of nitrogens with one attached hydrogen (secondary N) is 2. The van der Waals surface area contributed by atoms with Crippen molar-refractivity contribution in [2.75, 3.05) is 13.6 Å². The maximum Gasteiger partial charge on any atom is 0.308 e. The van der Waals surface area contributed by atoms with Crippen LogP contribution >= 0.6 is 0 Å². The van der Waals surface area contributed by atoms with Crippen LogP contribution in [0.1, 0.15) is 111 Å². The molecule has 4 aromatic carbocycles. The van der Waals surface area contributed by atoms with E-state index >= 15 is 0 Å². The van der Waals surface area contributed by atoms with E-state index in [4.69, 9.17) is 30.4 Å². The highest BCUT2D eigenvalue weighted by Gasteiger charge is 2.34. The molecule has 0 aliphatic heterocycles. The minimum atomic E-state index is -1.18. The number of nitrogens with zero attached hydrogens (tertiary/aromatic N) is 4. The number of esters is 2. The van der Waals surface area contributed by atoms with Crippen molar-refractivity contribution >= 4 is 57.6 Å². The van der Waals surface area contributed by atoms with E-state index in [0.29, 0.717) is 33.2 Å². The van der Waals surface area contributed by atoms with Gasteiger partial charge in [-0.15, -0.1) is 0 Å². The van der Waals surface area contributed by atoms with Crippen molar-refractivity contribution in [3.8, 4) is 0 Å². The van der Waals surface area contributed by atoms with Gasteiger partial charge in [-0.1, -0.05) is 48.5 Å². The normalized spacial score (nSPS) is 14.1. The molecule has 0 fully saturated rings. The molecule has 0 aliphatic carbocycles. The minimum absolute atomic E-state index is 0.0457. The SMILES string of the molecule is CC(C)(O)CC[C@H](C[C@@H](OCOC(=O)CCC(=O)OCO[C@H](C[C@@H](CCC(C)(C)O)C(N)=O)[C@H](Cc1cccc(F)c1)NC(=O)c1cnc2ccccc2n1)[C@H](Cc1cccc(F)c1)NC(=O)c1cnc2ccccc2n1)C(N)=O. The number of carbonyl (C=O) groups is 6. The summed E-state index contributed by atoms with van der Waals surface area (Å²) in [6.45, 7) is 4.78. The van der Waals surface area contributed by atoms with Crippen LogP contribution in [0, 0.1) is 23.5 Å². The molecule has 22 heteroatoms. The van der Waals surface area contributed by atoms with Crippen LogP contribution in [0.15, 0.2) is 109 Å². The lowest BCUT2D eigenvalue weighted by molar-refractivity contribution is -0.170. The number of aliphatic hydroxyl groups is 2. The average Bonchev–Trinajstić information content (AvgIpc) is 3.40. The Morgan fingerprint density at radius 3 is 1.29 bits per heavy atom. The first-order valence-corrected chi connectivity index (χ1v) is 26.1. The first-order chi connectivity index (χ1) is 38.0. The summed E-state index contributed by atoms with van der Waals surface area (Å²) in [5.41, 5.74) is 12.1. The van der Waals surface area contributed by atoms with Gasteiger partial charge in [0.1, 0.15) is 23.0 Å². The molecule has 8 N–H and O–H groups in total. The number of ether oxygens (including phenoxy) is 4. The summed E-state index contributed by atoms with van der Waals surface area (Å²) in [6, 6.07) is 23.0. The van der Waals surface area contributed by atoms with Crippen LogP contribution < -0.4 is 22.1 Å². The molecule has 80 heavy (non-hydrogen) atoms. The smallest absolute Gasteiger partial charge is 0.308 e. The first-order valence-electron chi connectivity index (χ1n) is 26.1. The number of benzene rings is 4. The zero-order valence-corrected chi connectivity index (χ0v) is 45.0. The van der Waals surface area contributed by atoms with Gasteiger partial charge < -0.3 is 51.3 Å². The summed E-state index contributed by atoms with van der Waals surface area (Å²) in [4.78, 5) is 97.6. The van der Waals surface area contributed by atoms with Gasteiger partial charge in [0.2, 0.25) is 11.8 Å². The van der Waals surface area contributed by atoms with Gasteiger partial charge in [-0.05, 0) is 139 Å². The monoisotopic (exact) mass is 1110 g/mol. The Morgan fingerprint density at radius 1 is 0.562 bits per heavy atom. The number of aromatic nitrogens is 4. The second kappa shape index (κ2) is 28.8. The molecule has 6 rings (SSSR count). The third-order valence-electron chi connectivity index (χ3n) is 13.2. The highest BCUT2D eigenvalue weighted by Crippen LogP contribution is 2.27. The predicted molar refractivity (Wildman–Crippen MR) is 288 cm³/mol. The van der Waals surface area contributed by atoms with Crippen LogP contribution in [-0.2, 0) is 51.0 Å². The zero-order valence-electron chi connectivity index (χ0n) is 45.0. The number of halogens is 2. The third kappa shape index (κ3) is 20.1. The van der Waals surface area contributed by atoms with Gasteiger partial charge in [-0.3, -0.25) is 38.7 Å². The van der Waals surface area contributed by atoms with Crippen molar-refractivity contribution in [2.45, 2.75) is 127 Å². The molecule has 426 valence electrons. The van der Waals surface area contributed by atoms with Crippen molar-refractivity contribution in [3.05, 3.63) is 144 Å². The number of para-hydroxylation sites is 4. The summed E-state index contributed by atoms with van der Waals surface area (Å²) in [5.74, 6) is -7.62. The Bertz CT molecular complexity index is 2900. The zero-order chi connectivity index (χ0) is 58.0. The van der Waals surface area contributed by atoms with Gasteiger partial charge in [0, 0.05) is 11.8 Å². The standard InChI is InChI=1S/C58H68F2N8O12/c1-57(2,75)23-21-37(53(61)71)29-49(45(27-35-11-9-13-39(59)25-35)67-55(73)47-31-63-41-15-5-7-17-43(41)65-47)77-33-79-51(69)19-20-52(70)80-34-78-50(30-38(54(62)72)22-24-58(3,4)76)46(28-36-12-10-14-40(60)26-36)68-56(74)48-32-64-42-16-6-8-18-44(42)66-48/h5-18,25-26,31-32,37-38,45-46,49-50,75-76H,19-24,27-30,33-34H2,1-4H3,(H2,61,71)(H2,62,72)(H,67,73)(H,68,74)/t37-,38-,45+,46+,49-,50-/m1/s1. The molecule has 0 saturated carbocycles. The number of amides is 4. The van der Waals surface area contributed by atoms with E-state index < -0.39 is 121 Å². The number of fused-ring (bicyclic) bond motifs is 2. The fourth-order valence-electron chi connectivity index (χ4n) is 8.79. The Balaban J connectivity index is 1.15. The molecule has 2 heterocycles. The Kier molecular flexibility index (Phi) is 22.1. The largest absolute Gasteiger partial charge is 0.438 e. The van der Waals surface area contributed by atoms with Gasteiger partial charge in [0.25, 0.3) is 11.8 Å². The number of nitrogens with two attached hydrogens (primary N) is 2. The van der Waals surface area contributed by atoms with Gasteiger partial charge in [0.05, 0.1) is 82.8 Å². The van der Waals surface area contributed by atoms with Crippen molar-refractivity contribution in [2.24, 2.45) is 23.3 Å². The summed E-state index contributed by atoms with van der Waals surface area (Å²) < 4.78 is 52.2. The van der Waals surface area contributed by atoms with E-state index in [0.717, 1.165) is 0 Å². The summed E-state index contributed by atoms with van der Waals surface area (Å²) in [7, 11) is 0. The van der Waals surface area contributed by atoms with Crippen molar-refractivity contribution in [1.29, 1.82) is 0 Å². The molecular weight excluding hydrogens is 1040 g/mol. The van der Waals surface area contributed by atoms with Crippen LogP contribution in [0.3, 0.4) is 0 Å². The summed E-state index contributed by atoms with van der Waals surface area (Å²) in [6.07, 6.45) is -0.619. The number of hydrogen-bond donors (Lipinski definition) is 6. The number of primary amides is 2. The van der Waals surface area contributed by atoms with E-state index in [1.165, 1.54) is 48.8 Å². The second-order valence-corrected chi connectivity index (χ2v) is 20.9. The van der Waals surface area contributed by atoms with Crippen LogP contribution in [-0.4, -0.2) is 115 Å². The number of rotatable bonds is 31. The van der Waals surface area contributed by atoms with Crippen molar-refractivity contribution in [3.63, 3.8) is 0 Å². The molecule has 20 nitrogen and oxygen atoms in total. The van der Waals surface area contributed by atoms with E-state index in [9.17, 15) is 47.8 Å². The molecule has 0 spiro atoms. The lowest BCUT2D eigenvalue weighted by Crippen LogP contribution is -2.48. The Morgan fingerprint density at radius 2 is 0.938 bits per heavy atom. The summed E-state index contributed by atoms with van der Waals surface area (Å²) >= 11 is 0. The predicted octanol–water partition coefficient (Wildman–Crippen LogP) is 5.87. The van der Waals surface area contributed by atoms with E-state index in [2.05, 4.69) is 30.6 Å². The number of carbonyl (C=O) groups excluding carboxylic acids is 6. The van der Waals surface area contributed by atoms with Crippen molar-refractivity contribution in [1.82, 2.24) is 30.6 Å². The lowest BCUT2D eigenvalue weighted by atomic mass is 9.87. The Labute approximate surface area is 461 Å². The fourth-order valence-corrected chi connectivity index (χ4v) is 8.79. The molecule has 6 atom stereocenters. The van der Waals surface area contributed by atoms with Gasteiger partial charge in [-0.2, -0.15) is 0 Å². The van der Waals surface area contributed by atoms with E-state index in [1.807, 2.05) is 0 Å². The van der Waals surface area contributed by atoms with Crippen LogP contribution in [0.5, 0.6) is 0 Å². The fraction of sp³-hybridized carbons (Fsp3) is 0.414. The molecule has 0 unspecified atom stereocenters. The second-order valence-electron chi connectivity index (χ2n) is 20.9.